The summed E-state index contributed by atoms with van der Waals surface area (Å²) in [6, 6.07) is 0. The average Bonchev–Trinajstić information content (AvgIpc) is 1.95. The maximum absolute atomic E-state index is 9.13. The molecule has 0 atom stereocenters. The highest BCUT2D eigenvalue weighted by atomic mass is 16.3. The van der Waals surface area contributed by atoms with E-state index in [0.717, 1.165) is 32.1 Å². The zero-order chi connectivity index (χ0) is 7.40. The maximum Gasteiger partial charge on any atom is 0.0540 e. The molecular weight excluding hydrogens is 142 g/mol. The Kier molecular flexibility index (Phi) is 5.46. The number of hydrogen-bond acceptors (Lipinski definition) is 3. The molecule has 68 valence electrons. The molecule has 1 aliphatic rings. The first-order valence-corrected chi connectivity index (χ1v) is 4.12. The van der Waals surface area contributed by atoms with Crippen LogP contribution in [0.3, 0.4) is 0 Å². The van der Waals surface area contributed by atoms with Crippen LogP contribution >= 0.6 is 0 Å². The van der Waals surface area contributed by atoms with Gasteiger partial charge in [-0.05, 0) is 38.0 Å². The molecule has 0 aromatic carbocycles. The highest BCUT2D eigenvalue weighted by molar-refractivity contribution is 4.70. The summed E-state index contributed by atoms with van der Waals surface area (Å²) in [4.78, 5) is 0. The van der Waals surface area contributed by atoms with Crippen molar-refractivity contribution >= 4 is 0 Å². The van der Waals surface area contributed by atoms with E-state index in [1.807, 2.05) is 0 Å². The van der Waals surface area contributed by atoms with Gasteiger partial charge in [0.05, 0.1) is 6.10 Å². The lowest BCUT2D eigenvalue weighted by Gasteiger charge is -2.24. The minimum Gasteiger partial charge on any atom is -0.396 e. The largest absolute Gasteiger partial charge is 0.396 e. The summed E-state index contributed by atoms with van der Waals surface area (Å²) in [6.45, 7) is 0.306. The molecule has 1 saturated carbocycles. The molecule has 3 nitrogen and oxygen atoms in total. The smallest absolute Gasteiger partial charge is 0.0540 e. The summed E-state index contributed by atoms with van der Waals surface area (Å²) < 4.78 is 0. The third-order valence-corrected chi connectivity index (χ3v) is 2.35. The molecule has 0 amide bonds. The van der Waals surface area contributed by atoms with Crippen LogP contribution in [0.15, 0.2) is 0 Å². The summed E-state index contributed by atoms with van der Waals surface area (Å²) in [6.07, 6.45) is 4.93. The topological polar surface area (TPSA) is 75.5 Å². The monoisotopic (exact) mass is 161 g/mol. The molecule has 0 radical (unpaired) electrons. The number of aliphatic hydroxyl groups excluding tert-OH is 2. The van der Waals surface area contributed by atoms with E-state index < -0.39 is 0 Å². The molecule has 1 aliphatic carbocycles. The molecule has 3 heteroatoms. The molecule has 0 unspecified atom stereocenters. The summed E-state index contributed by atoms with van der Waals surface area (Å²) in [5, 5.41) is 17.8. The molecule has 0 aromatic rings. The van der Waals surface area contributed by atoms with Crippen molar-refractivity contribution in [3.63, 3.8) is 0 Å². The van der Waals surface area contributed by atoms with Crippen molar-refractivity contribution in [2.24, 2.45) is 5.92 Å². The van der Waals surface area contributed by atoms with Gasteiger partial charge in [0.2, 0.25) is 0 Å². The summed E-state index contributed by atoms with van der Waals surface area (Å²) in [7, 11) is 0. The fourth-order valence-corrected chi connectivity index (χ4v) is 1.62. The van der Waals surface area contributed by atoms with Crippen molar-refractivity contribution in [3.05, 3.63) is 0 Å². The first kappa shape index (κ1) is 10.9. The van der Waals surface area contributed by atoms with Gasteiger partial charge in [-0.1, -0.05) is 0 Å². The lowest BCUT2D eigenvalue weighted by molar-refractivity contribution is 0.0998. The van der Waals surface area contributed by atoms with Crippen LogP contribution in [0.1, 0.15) is 32.1 Å². The molecule has 1 rings (SSSR count). The van der Waals surface area contributed by atoms with E-state index in [9.17, 15) is 0 Å². The molecule has 0 spiro atoms. The van der Waals surface area contributed by atoms with Crippen molar-refractivity contribution in [3.8, 4) is 0 Å². The van der Waals surface area contributed by atoms with E-state index in [0.29, 0.717) is 12.5 Å². The van der Waals surface area contributed by atoms with Crippen LogP contribution in [0.2, 0.25) is 0 Å². The zero-order valence-corrected chi connectivity index (χ0v) is 7.00. The highest BCUT2D eigenvalue weighted by Gasteiger charge is 2.18. The van der Waals surface area contributed by atoms with Crippen LogP contribution in [0.5, 0.6) is 0 Å². The normalized spacial score (nSPS) is 31.1. The molecule has 0 bridgehead atoms. The zero-order valence-electron chi connectivity index (χ0n) is 7.00. The molecule has 0 aromatic heterocycles. The van der Waals surface area contributed by atoms with Crippen molar-refractivity contribution in [2.45, 2.75) is 38.2 Å². The second-order valence-electron chi connectivity index (χ2n) is 3.19. The highest BCUT2D eigenvalue weighted by Crippen LogP contribution is 2.26. The molecular formula is C8H19NO2. The van der Waals surface area contributed by atoms with Gasteiger partial charge in [0, 0.05) is 6.61 Å². The van der Waals surface area contributed by atoms with Crippen LogP contribution in [0.25, 0.3) is 0 Å². The van der Waals surface area contributed by atoms with Crippen LogP contribution in [0.4, 0.5) is 0 Å². The van der Waals surface area contributed by atoms with E-state index in [1.54, 1.807) is 0 Å². The molecule has 0 aliphatic heterocycles. The molecule has 0 saturated heterocycles. The van der Waals surface area contributed by atoms with Crippen LogP contribution < -0.4 is 6.15 Å². The summed E-state index contributed by atoms with van der Waals surface area (Å²) in [5.41, 5.74) is 0. The Bertz CT molecular complexity index is 90.1. The Morgan fingerprint density at radius 1 is 1.09 bits per heavy atom. The third-order valence-electron chi connectivity index (χ3n) is 2.35. The van der Waals surface area contributed by atoms with E-state index >= 15 is 0 Å². The maximum atomic E-state index is 9.13. The fourth-order valence-electron chi connectivity index (χ4n) is 1.62. The lowest BCUT2D eigenvalue weighted by Crippen LogP contribution is -2.18. The second-order valence-corrected chi connectivity index (χ2v) is 3.19. The Balaban J connectivity index is 0.000001000. The summed E-state index contributed by atoms with van der Waals surface area (Å²) >= 11 is 0. The van der Waals surface area contributed by atoms with Gasteiger partial charge in [-0.2, -0.15) is 0 Å². The quantitative estimate of drug-likeness (QED) is 0.567. The number of aliphatic hydroxyl groups is 2. The minimum absolute atomic E-state index is 0. The second kappa shape index (κ2) is 5.52. The Morgan fingerprint density at radius 2 is 1.64 bits per heavy atom. The van der Waals surface area contributed by atoms with Crippen LogP contribution in [-0.2, 0) is 0 Å². The van der Waals surface area contributed by atoms with Crippen molar-refractivity contribution < 1.29 is 10.2 Å². The van der Waals surface area contributed by atoms with E-state index in [-0.39, 0.29) is 12.3 Å². The van der Waals surface area contributed by atoms with Gasteiger partial charge in [0.15, 0.2) is 0 Å². The van der Waals surface area contributed by atoms with Crippen LogP contribution in [0, 0.1) is 5.92 Å². The van der Waals surface area contributed by atoms with Gasteiger partial charge in [-0.3, -0.25) is 0 Å². The SMILES string of the molecule is N.OCCC1CCC(O)CC1. The van der Waals surface area contributed by atoms with Gasteiger partial charge < -0.3 is 16.4 Å². The standard InChI is InChI=1S/C8H16O2.H3N/c9-6-5-7-1-3-8(10)4-2-7;/h7-10H,1-6H2;1H3. The van der Waals surface area contributed by atoms with E-state index in [1.165, 1.54) is 0 Å². The van der Waals surface area contributed by atoms with Crippen LogP contribution in [-0.4, -0.2) is 22.9 Å². The molecule has 0 heterocycles. The lowest BCUT2D eigenvalue weighted by atomic mass is 9.86. The van der Waals surface area contributed by atoms with E-state index in [4.69, 9.17) is 10.2 Å². The van der Waals surface area contributed by atoms with Gasteiger partial charge in [0.1, 0.15) is 0 Å². The van der Waals surface area contributed by atoms with Gasteiger partial charge in [-0.15, -0.1) is 0 Å². The number of hydrogen-bond donors (Lipinski definition) is 3. The Morgan fingerprint density at radius 3 is 2.09 bits per heavy atom. The fraction of sp³-hybridized carbons (Fsp3) is 1.00. The minimum atomic E-state index is -0.0602. The van der Waals surface area contributed by atoms with Gasteiger partial charge in [0.25, 0.3) is 0 Å². The summed E-state index contributed by atoms with van der Waals surface area (Å²) in [5.74, 6) is 0.674. The average molecular weight is 161 g/mol. The van der Waals surface area contributed by atoms with Crippen molar-refractivity contribution in [1.29, 1.82) is 0 Å². The number of rotatable bonds is 2. The Labute approximate surface area is 68.0 Å². The van der Waals surface area contributed by atoms with E-state index in [2.05, 4.69) is 0 Å². The first-order chi connectivity index (χ1) is 4.83. The van der Waals surface area contributed by atoms with Crippen molar-refractivity contribution in [1.82, 2.24) is 6.15 Å². The molecule has 5 N–H and O–H groups in total. The van der Waals surface area contributed by atoms with Gasteiger partial charge >= 0.3 is 0 Å². The third kappa shape index (κ3) is 3.70. The predicted octanol–water partition coefficient (Wildman–Crippen LogP) is 1.08. The first-order valence-electron chi connectivity index (χ1n) is 4.12. The van der Waals surface area contributed by atoms with Gasteiger partial charge in [-0.25, -0.2) is 0 Å². The molecule has 11 heavy (non-hydrogen) atoms. The molecule has 1 fully saturated rings. The Hall–Kier alpha value is -0.120. The predicted molar refractivity (Wildman–Crippen MR) is 44.7 cm³/mol. The van der Waals surface area contributed by atoms with Crippen molar-refractivity contribution in [2.75, 3.05) is 6.61 Å².